The van der Waals surface area contributed by atoms with Crippen molar-refractivity contribution in [2.45, 2.75) is 6.42 Å². The Morgan fingerprint density at radius 2 is 2.07 bits per heavy atom. The zero-order valence-electron chi connectivity index (χ0n) is 8.23. The van der Waals surface area contributed by atoms with Gasteiger partial charge < -0.3 is 4.74 Å². The number of ether oxygens (including phenoxy) is 1. The molecule has 0 fully saturated rings. The summed E-state index contributed by atoms with van der Waals surface area (Å²) in [5, 5.41) is 1.23. The summed E-state index contributed by atoms with van der Waals surface area (Å²) in [5.41, 5.74) is 2.36. The van der Waals surface area contributed by atoms with E-state index in [0.29, 0.717) is 0 Å². The first-order chi connectivity index (χ1) is 6.92. The van der Waals surface area contributed by atoms with Crippen molar-refractivity contribution in [1.29, 1.82) is 0 Å². The van der Waals surface area contributed by atoms with Crippen LogP contribution in [0.25, 0.3) is 10.9 Å². The zero-order chi connectivity index (χ0) is 9.80. The van der Waals surface area contributed by atoms with E-state index in [2.05, 4.69) is 17.1 Å². The number of para-hydroxylation sites is 1. The number of benzene rings is 1. The number of aromatic nitrogens is 1. The predicted octanol–water partition coefficient (Wildman–Crippen LogP) is 2.42. The number of nitrogens with zero attached hydrogens (tertiary/aromatic N) is 1. The van der Waals surface area contributed by atoms with E-state index in [9.17, 15) is 0 Å². The van der Waals surface area contributed by atoms with Crippen molar-refractivity contribution in [3.8, 4) is 0 Å². The highest BCUT2D eigenvalue weighted by Crippen LogP contribution is 2.16. The molecule has 1 heterocycles. The quantitative estimate of drug-likeness (QED) is 0.736. The monoisotopic (exact) mass is 187 g/mol. The van der Waals surface area contributed by atoms with Crippen LogP contribution in [0, 0.1) is 0 Å². The molecular formula is C12H13NO. The molecule has 0 atom stereocenters. The normalized spacial score (nSPS) is 10.6. The molecule has 0 saturated heterocycles. The number of hydrogen-bond donors (Lipinski definition) is 0. The van der Waals surface area contributed by atoms with Crippen LogP contribution in [0.4, 0.5) is 0 Å². The van der Waals surface area contributed by atoms with Crippen LogP contribution in [0.15, 0.2) is 36.5 Å². The van der Waals surface area contributed by atoms with Crippen LogP contribution in [-0.2, 0) is 11.2 Å². The molecule has 2 heteroatoms. The van der Waals surface area contributed by atoms with E-state index in [-0.39, 0.29) is 0 Å². The number of pyridine rings is 1. The zero-order valence-corrected chi connectivity index (χ0v) is 8.23. The van der Waals surface area contributed by atoms with Crippen LogP contribution < -0.4 is 0 Å². The predicted molar refractivity (Wildman–Crippen MR) is 57.3 cm³/mol. The van der Waals surface area contributed by atoms with Crippen LogP contribution in [0.3, 0.4) is 0 Å². The molecule has 72 valence electrons. The van der Waals surface area contributed by atoms with Gasteiger partial charge in [0.2, 0.25) is 0 Å². The molecule has 1 aromatic heterocycles. The van der Waals surface area contributed by atoms with Crippen molar-refractivity contribution in [3.05, 3.63) is 42.1 Å². The Balaban J connectivity index is 2.43. The Morgan fingerprint density at radius 1 is 1.21 bits per heavy atom. The van der Waals surface area contributed by atoms with Gasteiger partial charge in [-0.2, -0.15) is 0 Å². The fourth-order valence-electron chi connectivity index (χ4n) is 1.59. The fraction of sp³-hybridized carbons (Fsp3) is 0.250. The maximum Gasteiger partial charge on any atom is 0.0704 e. The summed E-state index contributed by atoms with van der Waals surface area (Å²) < 4.78 is 5.07. The van der Waals surface area contributed by atoms with Crippen molar-refractivity contribution in [3.63, 3.8) is 0 Å². The Morgan fingerprint density at radius 3 is 2.93 bits per heavy atom. The van der Waals surface area contributed by atoms with Crippen molar-refractivity contribution < 1.29 is 4.74 Å². The van der Waals surface area contributed by atoms with E-state index in [0.717, 1.165) is 18.5 Å². The number of methoxy groups -OCH3 is 1. The molecule has 2 rings (SSSR count). The lowest BCUT2D eigenvalue weighted by Crippen LogP contribution is -1.95. The average Bonchev–Trinajstić information content (AvgIpc) is 2.26. The standard InChI is InChI=1S/C12H13NO/c1-14-9-7-10-6-8-13-12-5-3-2-4-11(10)12/h2-6,8H,7,9H2,1H3. The molecule has 0 radical (unpaired) electrons. The van der Waals surface area contributed by atoms with Crippen molar-refractivity contribution in [2.24, 2.45) is 0 Å². The summed E-state index contributed by atoms with van der Waals surface area (Å²) in [4.78, 5) is 4.31. The second-order valence-electron chi connectivity index (χ2n) is 3.23. The van der Waals surface area contributed by atoms with Gasteiger partial charge in [0.05, 0.1) is 12.1 Å². The average molecular weight is 187 g/mol. The molecule has 0 N–H and O–H groups in total. The van der Waals surface area contributed by atoms with Crippen LogP contribution in [0.5, 0.6) is 0 Å². The van der Waals surface area contributed by atoms with E-state index in [4.69, 9.17) is 4.74 Å². The van der Waals surface area contributed by atoms with Crippen molar-refractivity contribution in [2.75, 3.05) is 13.7 Å². The first kappa shape index (κ1) is 9.16. The van der Waals surface area contributed by atoms with Crippen LogP contribution in [0.1, 0.15) is 5.56 Å². The van der Waals surface area contributed by atoms with E-state index in [1.807, 2.05) is 24.4 Å². The van der Waals surface area contributed by atoms with Crippen LogP contribution in [0.2, 0.25) is 0 Å². The van der Waals surface area contributed by atoms with Gasteiger partial charge in [-0.15, -0.1) is 0 Å². The number of rotatable bonds is 3. The van der Waals surface area contributed by atoms with Gasteiger partial charge in [0.15, 0.2) is 0 Å². The van der Waals surface area contributed by atoms with E-state index >= 15 is 0 Å². The first-order valence-electron chi connectivity index (χ1n) is 4.73. The second-order valence-corrected chi connectivity index (χ2v) is 3.23. The van der Waals surface area contributed by atoms with Gasteiger partial charge in [-0.3, -0.25) is 4.98 Å². The molecule has 1 aromatic carbocycles. The first-order valence-corrected chi connectivity index (χ1v) is 4.73. The summed E-state index contributed by atoms with van der Waals surface area (Å²) >= 11 is 0. The summed E-state index contributed by atoms with van der Waals surface area (Å²) in [6.07, 6.45) is 2.80. The van der Waals surface area contributed by atoms with Gasteiger partial charge >= 0.3 is 0 Å². The molecule has 0 bridgehead atoms. The Bertz CT molecular complexity index is 420. The van der Waals surface area contributed by atoms with Gasteiger partial charge in [0.25, 0.3) is 0 Å². The number of fused-ring (bicyclic) bond motifs is 1. The van der Waals surface area contributed by atoms with Crippen LogP contribution >= 0.6 is 0 Å². The SMILES string of the molecule is COCCc1ccnc2ccccc12. The van der Waals surface area contributed by atoms with E-state index in [1.54, 1.807) is 7.11 Å². The van der Waals surface area contributed by atoms with Gasteiger partial charge in [0, 0.05) is 18.7 Å². The maximum absolute atomic E-state index is 5.07. The highest BCUT2D eigenvalue weighted by molar-refractivity contribution is 5.81. The molecule has 0 aliphatic rings. The minimum atomic E-state index is 0.758. The third-order valence-corrected chi connectivity index (χ3v) is 2.31. The van der Waals surface area contributed by atoms with Crippen molar-refractivity contribution in [1.82, 2.24) is 4.98 Å². The lowest BCUT2D eigenvalue weighted by molar-refractivity contribution is 0.202. The van der Waals surface area contributed by atoms with Gasteiger partial charge in [-0.25, -0.2) is 0 Å². The summed E-state index contributed by atoms with van der Waals surface area (Å²) in [7, 11) is 1.73. The Hall–Kier alpha value is -1.41. The van der Waals surface area contributed by atoms with E-state index < -0.39 is 0 Å². The topological polar surface area (TPSA) is 22.1 Å². The van der Waals surface area contributed by atoms with E-state index in [1.165, 1.54) is 10.9 Å². The molecule has 0 aliphatic heterocycles. The molecule has 14 heavy (non-hydrogen) atoms. The van der Waals surface area contributed by atoms with Gasteiger partial charge in [0.1, 0.15) is 0 Å². The molecule has 0 amide bonds. The molecule has 0 unspecified atom stereocenters. The third kappa shape index (κ3) is 1.75. The Labute approximate surface area is 83.5 Å². The molecule has 0 saturated carbocycles. The minimum Gasteiger partial charge on any atom is -0.384 e. The lowest BCUT2D eigenvalue weighted by Gasteiger charge is -2.04. The number of hydrogen-bond acceptors (Lipinski definition) is 2. The molecule has 2 nitrogen and oxygen atoms in total. The fourth-order valence-corrected chi connectivity index (χ4v) is 1.59. The Kier molecular flexibility index (Phi) is 2.75. The summed E-state index contributed by atoms with van der Waals surface area (Å²) in [6.45, 7) is 0.758. The highest BCUT2D eigenvalue weighted by atomic mass is 16.5. The summed E-state index contributed by atoms with van der Waals surface area (Å²) in [6, 6.07) is 10.2. The maximum atomic E-state index is 5.07. The van der Waals surface area contributed by atoms with Crippen LogP contribution in [-0.4, -0.2) is 18.7 Å². The molecule has 0 spiro atoms. The highest BCUT2D eigenvalue weighted by Gasteiger charge is 1.99. The van der Waals surface area contributed by atoms with Crippen molar-refractivity contribution >= 4 is 10.9 Å². The minimum absolute atomic E-state index is 0.758. The largest absolute Gasteiger partial charge is 0.384 e. The second kappa shape index (κ2) is 4.20. The molecule has 0 aliphatic carbocycles. The van der Waals surface area contributed by atoms with Gasteiger partial charge in [-0.05, 0) is 24.1 Å². The van der Waals surface area contributed by atoms with Gasteiger partial charge in [-0.1, -0.05) is 18.2 Å². The smallest absolute Gasteiger partial charge is 0.0704 e. The summed E-state index contributed by atoms with van der Waals surface area (Å²) in [5.74, 6) is 0. The lowest BCUT2D eigenvalue weighted by atomic mass is 10.1. The molecular weight excluding hydrogens is 174 g/mol. The molecule has 2 aromatic rings. The third-order valence-electron chi connectivity index (χ3n) is 2.31.